The highest BCUT2D eigenvalue weighted by molar-refractivity contribution is 5.93. The van der Waals surface area contributed by atoms with Crippen LogP contribution in [0, 0.1) is 17.8 Å². The van der Waals surface area contributed by atoms with Gasteiger partial charge in [0.1, 0.15) is 18.7 Å². The Kier molecular flexibility index (Phi) is 16.8. The van der Waals surface area contributed by atoms with Gasteiger partial charge in [-0.2, -0.15) is 0 Å². The van der Waals surface area contributed by atoms with Crippen molar-refractivity contribution in [3.05, 3.63) is 83.9 Å². The first kappa shape index (κ1) is 42.3. The summed E-state index contributed by atoms with van der Waals surface area (Å²) < 4.78 is 5.51. The van der Waals surface area contributed by atoms with Crippen LogP contribution in [0.3, 0.4) is 0 Å². The van der Waals surface area contributed by atoms with Gasteiger partial charge in [-0.15, -0.1) is 0 Å². The molecule has 11 nitrogen and oxygen atoms in total. The van der Waals surface area contributed by atoms with E-state index in [4.69, 9.17) is 4.74 Å². The van der Waals surface area contributed by atoms with Crippen LogP contribution in [0.1, 0.15) is 90.2 Å². The Bertz CT molecular complexity index is 1640. The number of nitrogens with one attached hydrogen (secondary N) is 4. The summed E-state index contributed by atoms with van der Waals surface area (Å²) in [6.45, 7) is 7.66. The predicted octanol–water partition coefficient (Wildman–Crippen LogP) is 5.55. The standard InChI is InChI=1S/C43H60N4O7/c1-5-29(4)38(26-48)44-40(50)25-39(49)35(22-28(2)3)45-41(51)36(23-30-14-9-10-15-30)46-42(52)37(47-43(53)54-27-31-16-7-6-8-17-31)24-33-20-13-19-32-18-11-12-21-34(32)33/h6-8,11-13,16-21,28-30,35-39,48-49H,5,9-10,14-15,22-27H2,1-4H3,(H,44,50)(H,45,51)(H,46,52)(H,47,53)/t29-,35-,36?,37-,38+,39-/m0/s1. The van der Waals surface area contributed by atoms with E-state index in [0.717, 1.165) is 54.0 Å². The molecule has 0 bridgehead atoms. The van der Waals surface area contributed by atoms with Crippen molar-refractivity contribution in [2.24, 2.45) is 17.8 Å². The molecule has 1 unspecified atom stereocenters. The number of aliphatic hydroxyl groups is 2. The van der Waals surface area contributed by atoms with Gasteiger partial charge in [-0.25, -0.2) is 4.79 Å². The van der Waals surface area contributed by atoms with E-state index >= 15 is 0 Å². The lowest BCUT2D eigenvalue weighted by molar-refractivity contribution is -0.132. The van der Waals surface area contributed by atoms with Gasteiger partial charge in [0.25, 0.3) is 0 Å². The Morgan fingerprint density at radius 2 is 1.46 bits per heavy atom. The number of hydrogen-bond donors (Lipinski definition) is 6. The third-order valence-corrected chi connectivity index (χ3v) is 10.6. The maximum absolute atomic E-state index is 14.3. The monoisotopic (exact) mass is 744 g/mol. The maximum Gasteiger partial charge on any atom is 0.408 e. The summed E-state index contributed by atoms with van der Waals surface area (Å²) in [5, 5.41) is 34.6. The van der Waals surface area contributed by atoms with Gasteiger partial charge in [0, 0.05) is 6.42 Å². The van der Waals surface area contributed by atoms with Crippen LogP contribution in [0.2, 0.25) is 0 Å². The summed E-state index contributed by atoms with van der Waals surface area (Å²) >= 11 is 0. The zero-order valence-corrected chi connectivity index (χ0v) is 32.3. The lowest BCUT2D eigenvalue weighted by Crippen LogP contribution is -2.57. The zero-order valence-electron chi connectivity index (χ0n) is 32.3. The maximum atomic E-state index is 14.3. The first-order chi connectivity index (χ1) is 26.0. The van der Waals surface area contributed by atoms with E-state index in [9.17, 15) is 29.4 Å². The minimum Gasteiger partial charge on any atom is -0.445 e. The minimum atomic E-state index is -1.20. The third-order valence-electron chi connectivity index (χ3n) is 10.6. The lowest BCUT2D eigenvalue weighted by Gasteiger charge is -2.30. The number of aliphatic hydroxyl groups excluding tert-OH is 2. The van der Waals surface area contributed by atoms with E-state index in [1.54, 1.807) is 0 Å². The Labute approximate surface area is 320 Å². The molecule has 1 aliphatic carbocycles. The highest BCUT2D eigenvalue weighted by Crippen LogP contribution is 2.29. The van der Waals surface area contributed by atoms with E-state index in [1.807, 2.05) is 100 Å². The van der Waals surface area contributed by atoms with Gasteiger partial charge < -0.3 is 36.2 Å². The second kappa shape index (κ2) is 21.4. The molecule has 294 valence electrons. The van der Waals surface area contributed by atoms with Crippen molar-refractivity contribution in [1.82, 2.24) is 21.3 Å². The van der Waals surface area contributed by atoms with Crippen molar-refractivity contribution in [1.29, 1.82) is 0 Å². The number of fused-ring (bicyclic) bond motifs is 1. The molecule has 0 saturated heterocycles. The lowest BCUT2D eigenvalue weighted by atomic mass is 9.94. The third kappa shape index (κ3) is 13.1. The fourth-order valence-corrected chi connectivity index (χ4v) is 7.24. The van der Waals surface area contributed by atoms with Gasteiger partial charge in [-0.05, 0) is 52.5 Å². The molecule has 54 heavy (non-hydrogen) atoms. The fraction of sp³-hybridized carbons (Fsp3) is 0.535. The van der Waals surface area contributed by atoms with E-state index < -0.39 is 54.1 Å². The summed E-state index contributed by atoms with van der Waals surface area (Å²) in [6.07, 6.45) is 3.46. The molecular weight excluding hydrogens is 684 g/mol. The van der Waals surface area contributed by atoms with Gasteiger partial charge in [0.15, 0.2) is 0 Å². The fourth-order valence-electron chi connectivity index (χ4n) is 7.24. The molecule has 6 atom stereocenters. The number of hydrogen-bond acceptors (Lipinski definition) is 7. The predicted molar refractivity (Wildman–Crippen MR) is 210 cm³/mol. The smallest absolute Gasteiger partial charge is 0.408 e. The topological polar surface area (TPSA) is 166 Å². The van der Waals surface area contributed by atoms with Crippen LogP contribution in [0.25, 0.3) is 10.8 Å². The summed E-state index contributed by atoms with van der Waals surface area (Å²) in [6, 6.07) is 19.7. The molecule has 3 aromatic rings. The van der Waals surface area contributed by atoms with Crippen LogP contribution in [0.4, 0.5) is 4.79 Å². The van der Waals surface area contributed by atoms with Gasteiger partial charge in [-0.1, -0.05) is 133 Å². The number of carbonyl (C=O) groups is 4. The summed E-state index contributed by atoms with van der Waals surface area (Å²) in [4.78, 5) is 54.5. The summed E-state index contributed by atoms with van der Waals surface area (Å²) in [5.74, 6) is -1.05. The van der Waals surface area contributed by atoms with E-state index in [2.05, 4.69) is 21.3 Å². The summed E-state index contributed by atoms with van der Waals surface area (Å²) in [7, 11) is 0. The molecule has 0 heterocycles. The second-order valence-electron chi connectivity index (χ2n) is 15.3. The van der Waals surface area contributed by atoms with Gasteiger partial charge in [0.2, 0.25) is 17.7 Å². The zero-order chi connectivity index (χ0) is 39.0. The second-order valence-corrected chi connectivity index (χ2v) is 15.3. The molecule has 6 N–H and O–H groups in total. The molecule has 4 rings (SSSR count). The van der Waals surface area contributed by atoms with Gasteiger partial charge >= 0.3 is 6.09 Å². The van der Waals surface area contributed by atoms with Crippen molar-refractivity contribution in [2.45, 2.75) is 122 Å². The van der Waals surface area contributed by atoms with Crippen molar-refractivity contribution >= 4 is 34.6 Å². The van der Waals surface area contributed by atoms with Crippen LogP contribution in [-0.2, 0) is 32.1 Å². The first-order valence-electron chi connectivity index (χ1n) is 19.6. The Morgan fingerprint density at radius 3 is 2.15 bits per heavy atom. The SMILES string of the molecule is CC[C@H](C)[C@@H](CO)NC(=O)C[C@H](O)[C@H](CC(C)C)NC(=O)C(CC1CCCC1)NC(=O)[C@H](Cc1cccc2ccccc12)NC(=O)OCc1ccccc1. The Balaban J connectivity index is 1.54. The van der Waals surface area contributed by atoms with Crippen LogP contribution >= 0.6 is 0 Å². The highest BCUT2D eigenvalue weighted by atomic mass is 16.5. The molecule has 0 spiro atoms. The molecule has 1 aliphatic rings. The molecule has 0 radical (unpaired) electrons. The number of amides is 4. The number of alkyl carbamates (subject to hydrolysis) is 1. The van der Waals surface area contributed by atoms with Gasteiger partial charge in [-0.3, -0.25) is 14.4 Å². The van der Waals surface area contributed by atoms with Crippen molar-refractivity contribution in [3.63, 3.8) is 0 Å². The van der Waals surface area contributed by atoms with E-state index in [0.29, 0.717) is 12.8 Å². The molecule has 0 aliphatic heterocycles. The molecular formula is C43H60N4O7. The van der Waals surface area contributed by atoms with E-state index in [-0.39, 0.29) is 43.8 Å². The van der Waals surface area contributed by atoms with Crippen molar-refractivity contribution < 1.29 is 34.1 Å². The van der Waals surface area contributed by atoms with Crippen LogP contribution in [0.5, 0.6) is 0 Å². The number of ether oxygens (including phenoxy) is 1. The van der Waals surface area contributed by atoms with Crippen molar-refractivity contribution in [3.8, 4) is 0 Å². The van der Waals surface area contributed by atoms with E-state index in [1.165, 1.54) is 0 Å². The Hall–Kier alpha value is -4.48. The molecule has 1 saturated carbocycles. The average molecular weight is 745 g/mol. The van der Waals surface area contributed by atoms with Gasteiger partial charge in [0.05, 0.1) is 31.2 Å². The molecule has 1 fully saturated rings. The first-order valence-corrected chi connectivity index (χ1v) is 19.6. The molecule has 0 aromatic heterocycles. The highest BCUT2D eigenvalue weighted by Gasteiger charge is 2.33. The quantitative estimate of drug-likeness (QED) is 0.0883. The van der Waals surface area contributed by atoms with Crippen LogP contribution in [0.15, 0.2) is 72.8 Å². The Morgan fingerprint density at radius 1 is 0.796 bits per heavy atom. The molecule has 3 aromatic carbocycles. The van der Waals surface area contributed by atoms with Crippen LogP contribution in [-0.4, -0.2) is 70.9 Å². The molecule has 4 amide bonds. The normalized spacial score (nSPS) is 16.5. The van der Waals surface area contributed by atoms with Crippen molar-refractivity contribution in [2.75, 3.05) is 6.61 Å². The van der Waals surface area contributed by atoms with Crippen LogP contribution < -0.4 is 21.3 Å². The number of carbonyl (C=O) groups excluding carboxylic acids is 4. The summed E-state index contributed by atoms with van der Waals surface area (Å²) in [5.41, 5.74) is 1.65. The number of rotatable bonds is 20. The number of benzene rings is 3. The largest absolute Gasteiger partial charge is 0.445 e. The molecule has 11 heteroatoms. The minimum absolute atomic E-state index is 0.0257. The average Bonchev–Trinajstić information content (AvgIpc) is 3.68.